The molecule has 3 heterocycles. The second-order valence-electron chi connectivity index (χ2n) is 13.3. The summed E-state index contributed by atoms with van der Waals surface area (Å²) in [6.07, 6.45) is 0. The van der Waals surface area contributed by atoms with E-state index in [2.05, 4.69) is 144 Å². The minimum absolute atomic E-state index is 0.610. The molecule has 0 N–H and O–H groups in total. The molecular formula is C47H28N4O. The standard InChI is InChI=1S/C47H28N4O/c1-2-10-31-25-34(18-17-29(31)9-1)46-48-45(49-47(50-46)35-21-24-44-40(27-35)38-14-6-8-16-43(38)52-44)30-19-22-36(23-20-30)51-41-15-7-5-13-37(41)39-26-32-11-3-4-12-33(32)28-42(39)51/h1-28H. The highest BCUT2D eigenvalue weighted by molar-refractivity contribution is 6.13. The van der Waals surface area contributed by atoms with Gasteiger partial charge in [0.2, 0.25) is 0 Å². The second kappa shape index (κ2) is 11.2. The number of hydrogen-bond donors (Lipinski definition) is 0. The van der Waals surface area contributed by atoms with Crippen molar-refractivity contribution in [3.63, 3.8) is 0 Å². The van der Waals surface area contributed by atoms with Gasteiger partial charge < -0.3 is 8.98 Å². The summed E-state index contributed by atoms with van der Waals surface area (Å²) in [4.78, 5) is 15.3. The molecule has 8 aromatic carbocycles. The summed E-state index contributed by atoms with van der Waals surface area (Å²) in [5.74, 6) is 1.85. The molecule has 11 rings (SSSR count). The van der Waals surface area contributed by atoms with Gasteiger partial charge in [-0.1, -0.05) is 97.1 Å². The Morgan fingerprint density at radius 3 is 1.69 bits per heavy atom. The largest absolute Gasteiger partial charge is 0.456 e. The van der Waals surface area contributed by atoms with Gasteiger partial charge in [0, 0.05) is 43.9 Å². The van der Waals surface area contributed by atoms with Crippen molar-refractivity contribution >= 4 is 65.3 Å². The van der Waals surface area contributed by atoms with Crippen molar-refractivity contribution in [3.05, 3.63) is 170 Å². The molecule has 5 heteroatoms. The molecule has 0 atom stereocenters. The van der Waals surface area contributed by atoms with Gasteiger partial charge in [-0.2, -0.15) is 0 Å². The molecule has 0 radical (unpaired) electrons. The van der Waals surface area contributed by atoms with E-state index in [1.165, 1.54) is 38.0 Å². The minimum Gasteiger partial charge on any atom is -0.456 e. The van der Waals surface area contributed by atoms with Crippen LogP contribution in [-0.2, 0) is 0 Å². The lowest BCUT2D eigenvalue weighted by molar-refractivity contribution is 0.669. The fraction of sp³-hybridized carbons (Fsp3) is 0. The van der Waals surface area contributed by atoms with Gasteiger partial charge in [-0.3, -0.25) is 0 Å². The van der Waals surface area contributed by atoms with E-state index < -0.39 is 0 Å². The number of nitrogens with zero attached hydrogens (tertiary/aromatic N) is 4. The first kappa shape index (κ1) is 28.7. The van der Waals surface area contributed by atoms with Crippen molar-refractivity contribution in [2.75, 3.05) is 0 Å². The highest BCUT2D eigenvalue weighted by atomic mass is 16.3. The van der Waals surface area contributed by atoms with Gasteiger partial charge in [0.15, 0.2) is 17.5 Å². The average Bonchev–Trinajstić information content (AvgIpc) is 3.74. The molecule has 52 heavy (non-hydrogen) atoms. The summed E-state index contributed by atoms with van der Waals surface area (Å²) in [7, 11) is 0. The first-order valence-electron chi connectivity index (χ1n) is 17.4. The van der Waals surface area contributed by atoms with Crippen LogP contribution in [0.25, 0.3) is 105 Å². The van der Waals surface area contributed by atoms with E-state index in [1.54, 1.807) is 0 Å². The maximum absolute atomic E-state index is 6.13. The Balaban J connectivity index is 1.08. The first-order chi connectivity index (χ1) is 25.7. The van der Waals surface area contributed by atoms with Crippen molar-refractivity contribution in [1.82, 2.24) is 19.5 Å². The first-order valence-corrected chi connectivity index (χ1v) is 17.4. The van der Waals surface area contributed by atoms with Gasteiger partial charge >= 0.3 is 0 Å². The molecule has 0 fully saturated rings. The summed E-state index contributed by atoms with van der Waals surface area (Å²) in [6.45, 7) is 0. The molecule has 242 valence electrons. The summed E-state index contributed by atoms with van der Waals surface area (Å²) in [5, 5.41) is 9.34. The fourth-order valence-electron chi connectivity index (χ4n) is 7.65. The van der Waals surface area contributed by atoms with Crippen molar-refractivity contribution in [2.45, 2.75) is 0 Å². The monoisotopic (exact) mass is 664 g/mol. The maximum Gasteiger partial charge on any atom is 0.164 e. The van der Waals surface area contributed by atoms with E-state index in [9.17, 15) is 0 Å². The lowest BCUT2D eigenvalue weighted by Gasteiger charge is -2.11. The normalized spacial score (nSPS) is 11.8. The lowest BCUT2D eigenvalue weighted by atomic mass is 10.1. The zero-order chi connectivity index (χ0) is 34.2. The Morgan fingerprint density at radius 1 is 0.346 bits per heavy atom. The highest BCUT2D eigenvalue weighted by Crippen LogP contribution is 2.36. The predicted octanol–water partition coefficient (Wildman–Crippen LogP) is 12.2. The third-order valence-electron chi connectivity index (χ3n) is 10.2. The van der Waals surface area contributed by atoms with Crippen LogP contribution in [-0.4, -0.2) is 19.5 Å². The fourth-order valence-corrected chi connectivity index (χ4v) is 7.65. The quantitative estimate of drug-likeness (QED) is 0.188. The molecule has 0 bridgehead atoms. The van der Waals surface area contributed by atoms with Crippen molar-refractivity contribution in [3.8, 4) is 39.9 Å². The number of benzene rings is 8. The van der Waals surface area contributed by atoms with Gasteiger partial charge in [0.05, 0.1) is 11.0 Å². The Hall–Kier alpha value is -7.11. The Kier molecular flexibility index (Phi) is 6.18. The number of hydrogen-bond acceptors (Lipinski definition) is 4. The molecule has 3 aromatic heterocycles. The van der Waals surface area contributed by atoms with Crippen LogP contribution >= 0.6 is 0 Å². The molecular weight excluding hydrogens is 637 g/mol. The van der Waals surface area contributed by atoms with Crippen LogP contribution < -0.4 is 0 Å². The molecule has 0 aliphatic heterocycles. The van der Waals surface area contributed by atoms with Gasteiger partial charge in [0.25, 0.3) is 0 Å². The summed E-state index contributed by atoms with van der Waals surface area (Å²) in [5.41, 5.74) is 7.87. The molecule has 0 spiro atoms. The van der Waals surface area contributed by atoms with Crippen LogP contribution in [0.4, 0.5) is 0 Å². The van der Waals surface area contributed by atoms with E-state index in [0.29, 0.717) is 17.5 Å². The summed E-state index contributed by atoms with van der Waals surface area (Å²) < 4.78 is 8.48. The molecule has 0 saturated heterocycles. The number of para-hydroxylation sites is 2. The van der Waals surface area contributed by atoms with E-state index in [-0.39, 0.29) is 0 Å². The van der Waals surface area contributed by atoms with Crippen LogP contribution in [0.2, 0.25) is 0 Å². The van der Waals surface area contributed by atoms with Crippen molar-refractivity contribution < 1.29 is 4.42 Å². The molecule has 0 saturated carbocycles. The summed E-state index contributed by atoms with van der Waals surface area (Å²) >= 11 is 0. The minimum atomic E-state index is 0.610. The van der Waals surface area contributed by atoms with Crippen LogP contribution in [0, 0.1) is 0 Å². The Bertz CT molecular complexity index is 3190. The number of rotatable bonds is 4. The van der Waals surface area contributed by atoms with Gasteiger partial charge in [-0.15, -0.1) is 0 Å². The number of aromatic nitrogens is 4. The SMILES string of the molecule is c1ccc2cc(-c3nc(-c4ccc(-n5c6ccccc6c6cc7ccccc7cc65)cc4)nc(-c4ccc5oc6ccccc6c5c4)n3)ccc2c1. The van der Waals surface area contributed by atoms with Crippen LogP contribution in [0.5, 0.6) is 0 Å². The molecule has 0 aliphatic rings. The Morgan fingerprint density at radius 2 is 0.904 bits per heavy atom. The van der Waals surface area contributed by atoms with E-state index in [0.717, 1.165) is 49.7 Å². The number of furan rings is 1. The van der Waals surface area contributed by atoms with Gasteiger partial charge in [0.1, 0.15) is 11.2 Å². The highest BCUT2D eigenvalue weighted by Gasteiger charge is 2.17. The van der Waals surface area contributed by atoms with Gasteiger partial charge in [-0.05, 0) is 94.3 Å². The van der Waals surface area contributed by atoms with E-state index in [1.807, 2.05) is 30.3 Å². The maximum atomic E-state index is 6.13. The zero-order valence-corrected chi connectivity index (χ0v) is 27.9. The molecule has 0 aliphatic carbocycles. The summed E-state index contributed by atoms with van der Waals surface area (Å²) in [6, 6.07) is 59.4. The lowest BCUT2D eigenvalue weighted by Crippen LogP contribution is -2.00. The second-order valence-corrected chi connectivity index (χ2v) is 13.3. The van der Waals surface area contributed by atoms with Crippen LogP contribution in [0.3, 0.4) is 0 Å². The third kappa shape index (κ3) is 4.53. The van der Waals surface area contributed by atoms with Crippen molar-refractivity contribution in [2.24, 2.45) is 0 Å². The predicted molar refractivity (Wildman–Crippen MR) is 213 cm³/mol. The number of fused-ring (bicyclic) bond motifs is 8. The Labute approximate surface area is 298 Å². The molecule has 5 nitrogen and oxygen atoms in total. The van der Waals surface area contributed by atoms with Crippen LogP contribution in [0.1, 0.15) is 0 Å². The average molecular weight is 665 g/mol. The zero-order valence-electron chi connectivity index (χ0n) is 27.9. The smallest absolute Gasteiger partial charge is 0.164 e. The van der Waals surface area contributed by atoms with Gasteiger partial charge in [-0.25, -0.2) is 15.0 Å². The molecule has 0 amide bonds. The molecule has 11 aromatic rings. The molecule has 0 unspecified atom stereocenters. The van der Waals surface area contributed by atoms with Crippen molar-refractivity contribution in [1.29, 1.82) is 0 Å². The van der Waals surface area contributed by atoms with Crippen LogP contribution in [0.15, 0.2) is 174 Å². The topological polar surface area (TPSA) is 56.7 Å². The third-order valence-corrected chi connectivity index (χ3v) is 10.2. The van der Waals surface area contributed by atoms with E-state index in [4.69, 9.17) is 19.4 Å². The van der Waals surface area contributed by atoms with E-state index >= 15 is 0 Å².